The minimum absolute atomic E-state index is 0.213. The maximum absolute atomic E-state index is 13.7. The Bertz CT molecular complexity index is 461. The van der Waals surface area contributed by atoms with Crippen molar-refractivity contribution in [1.82, 2.24) is 10.2 Å². The van der Waals surface area contributed by atoms with Crippen LogP contribution in [0.3, 0.4) is 0 Å². The molecule has 19 heavy (non-hydrogen) atoms. The van der Waals surface area contributed by atoms with Crippen molar-refractivity contribution in [3.05, 3.63) is 34.6 Å². The molecule has 0 spiro atoms. The second kappa shape index (κ2) is 5.39. The summed E-state index contributed by atoms with van der Waals surface area (Å²) in [4.78, 5) is 2.56. The van der Waals surface area contributed by atoms with Crippen LogP contribution in [0.4, 0.5) is 4.39 Å². The van der Waals surface area contributed by atoms with E-state index in [0.717, 1.165) is 18.7 Å². The molecule has 1 saturated heterocycles. The van der Waals surface area contributed by atoms with Gasteiger partial charge in [-0.25, -0.2) is 4.39 Å². The van der Waals surface area contributed by atoms with E-state index in [4.69, 9.17) is 11.6 Å². The zero-order chi connectivity index (χ0) is 13.4. The summed E-state index contributed by atoms with van der Waals surface area (Å²) in [5.74, 6) is 0.260. The van der Waals surface area contributed by atoms with E-state index in [-0.39, 0.29) is 10.8 Å². The summed E-state index contributed by atoms with van der Waals surface area (Å²) in [6, 6.07) is 6.35. The van der Waals surface area contributed by atoms with Crippen molar-refractivity contribution in [2.24, 2.45) is 5.92 Å². The smallest absolute Gasteiger partial charge is 0.142 e. The lowest BCUT2D eigenvalue weighted by Crippen LogP contribution is -2.30. The highest BCUT2D eigenvalue weighted by Crippen LogP contribution is 2.44. The van der Waals surface area contributed by atoms with Crippen LogP contribution in [0.15, 0.2) is 18.2 Å². The van der Waals surface area contributed by atoms with E-state index in [1.54, 1.807) is 12.1 Å². The highest BCUT2D eigenvalue weighted by molar-refractivity contribution is 6.30. The molecule has 1 heterocycles. The van der Waals surface area contributed by atoms with Gasteiger partial charge in [-0.3, -0.25) is 4.90 Å². The fourth-order valence-corrected chi connectivity index (χ4v) is 3.45. The van der Waals surface area contributed by atoms with Crippen LogP contribution in [0, 0.1) is 11.7 Å². The lowest BCUT2D eigenvalue weighted by atomic mass is 9.93. The number of nitrogens with one attached hydrogen (secondary N) is 1. The van der Waals surface area contributed by atoms with E-state index in [1.165, 1.54) is 19.3 Å². The van der Waals surface area contributed by atoms with Gasteiger partial charge in [0.15, 0.2) is 0 Å². The predicted molar refractivity (Wildman–Crippen MR) is 75.9 cm³/mol. The number of hydrogen-bond donors (Lipinski definition) is 1. The summed E-state index contributed by atoms with van der Waals surface area (Å²) in [7, 11) is 1.99. The zero-order valence-electron chi connectivity index (χ0n) is 11.2. The van der Waals surface area contributed by atoms with Crippen LogP contribution < -0.4 is 5.32 Å². The molecule has 0 bridgehead atoms. The Labute approximate surface area is 118 Å². The number of likely N-dealkylation sites (tertiary alicyclic amines) is 1. The summed E-state index contributed by atoms with van der Waals surface area (Å²) in [5, 5.41) is 3.48. The number of benzene rings is 1. The van der Waals surface area contributed by atoms with E-state index in [9.17, 15) is 4.39 Å². The Hall–Kier alpha value is -0.640. The molecular formula is C15H20ClFN2. The van der Waals surface area contributed by atoms with Crippen molar-refractivity contribution in [2.75, 3.05) is 20.1 Å². The molecule has 0 radical (unpaired) electrons. The highest BCUT2D eigenvalue weighted by atomic mass is 35.5. The molecule has 2 aliphatic rings. The summed E-state index contributed by atoms with van der Waals surface area (Å²) in [6.07, 6.45) is 3.77. The van der Waals surface area contributed by atoms with Gasteiger partial charge in [0.05, 0.1) is 5.02 Å². The zero-order valence-corrected chi connectivity index (χ0v) is 12.0. The first-order valence-corrected chi connectivity index (χ1v) is 7.44. The largest absolute Gasteiger partial charge is 0.319 e. The number of rotatable bonds is 4. The highest BCUT2D eigenvalue weighted by Gasteiger charge is 2.42. The van der Waals surface area contributed by atoms with Crippen molar-refractivity contribution in [1.29, 1.82) is 0 Å². The van der Waals surface area contributed by atoms with Gasteiger partial charge in [-0.2, -0.15) is 0 Å². The standard InChI is InChI=1S/C15H20ClFN2/c1-18-9-11-6-7-19(12-3-4-12)15(11)10-2-5-13(16)14(17)8-10/h2,5,8,11-12,15,18H,3-4,6-7,9H2,1H3. The van der Waals surface area contributed by atoms with E-state index in [1.807, 2.05) is 13.1 Å². The van der Waals surface area contributed by atoms with Gasteiger partial charge in [-0.1, -0.05) is 17.7 Å². The summed E-state index contributed by atoms with van der Waals surface area (Å²) < 4.78 is 13.7. The van der Waals surface area contributed by atoms with Crippen molar-refractivity contribution < 1.29 is 4.39 Å². The molecule has 0 amide bonds. The molecule has 1 aliphatic carbocycles. The van der Waals surface area contributed by atoms with Crippen molar-refractivity contribution in [3.8, 4) is 0 Å². The first kappa shape index (κ1) is 13.3. The number of halogens is 2. The van der Waals surface area contributed by atoms with Gasteiger partial charge in [0, 0.05) is 12.1 Å². The van der Waals surface area contributed by atoms with Crippen LogP contribution in [0.2, 0.25) is 5.02 Å². The topological polar surface area (TPSA) is 15.3 Å². The average Bonchev–Trinajstić information content (AvgIpc) is 3.15. The van der Waals surface area contributed by atoms with Crippen molar-refractivity contribution in [2.45, 2.75) is 31.3 Å². The molecule has 1 aliphatic heterocycles. The Balaban J connectivity index is 1.89. The van der Waals surface area contributed by atoms with Crippen LogP contribution in [-0.4, -0.2) is 31.1 Å². The molecule has 4 heteroatoms. The van der Waals surface area contributed by atoms with Crippen LogP contribution >= 0.6 is 11.6 Å². The van der Waals surface area contributed by atoms with Gasteiger partial charge < -0.3 is 5.32 Å². The van der Waals surface area contributed by atoms with Gasteiger partial charge in [0.1, 0.15) is 5.82 Å². The molecule has 2 fully saturated rings. The second-order valence-corrected chi connectivity index (χ2v) is 6.10. The molecule has 104 valence electrons. The Morgan fingerprint density at radius 2 is 2.16 bits per heavy atom. The quantitative estimate of drug-likeness (QED) is 0.912. The average molecular weight is 283 g/mol. The third-order valence-electron chi connectivity index (χ3n) is 4.33. The van der Waals surface area contributed by atoms with Crippen LogP contribution in [-0.2, 0) is 0 Å². The molecule has 1 aromatic rings. The van der Waals surface area contributed by atoms with Gasteiger partial charge >= 0.3 is 0 Å². The minimum atomic E-state index is -0.301. The lowest BCUT2D eigenvalue weighted by molar-refractivity contribution is 0.217. The predicted octanol–water partition coefficient (Wildman–Crippen LogP) is 3.22. The molecular weight excluding hydrogens is 263 g/mol. The maximum Gasteiger partial charge on any atom is 0.142 e. The van der Waals surface area contributed by atoms with E-state index in [2.05, 4.69) is 10.2 Å². The first-order valence-electron chi connectivity index (χ1n) is 7.06. The molecule has 2 nitrogen and oxygen atoms in total. The van der Waals surface area contributed by atoms with Crippen molar-refractivity contribution >= 4 is 11.6 Å². The van der Waals surface area contributed by atoms with E-state index < -0.39 is 0 Å². The first-order chi connectivity index (χ1) is 9.20. The van der Waals surface area contributed by atoms with Crippen LogP contribution in [0.25, 0.3) is 0 Å². The minimum Gasteiger partial charge on any atom is -0.319 e. The third kappa shape index (κ3) is 2.64. The fourth-order valence-electron chi connectivity index (χ4n) is 3.33. The molecule has 1 N–H and O–H groups in total. The normalized spacial score (nSPS) is 27.9. The molecule has 2 unspecified atom stereocenters. The number of hydrogen-bond acceptors (Lipinski definition) is 2. The van der Waals surface area contributed by atoms with Gasteiger partial charge in [-0.05, 0) is 63.0 Å². The summed E-state index contributed by atoms with van der Waals surface area (Å²) >= 11 is 5.80. The Morgan fingerprint density at radius 1 is 1.37 bits per heavy atom. The van der Waals surface area contributed by atoms with Crippen LogP contribution in [0.1, 0.15) is 30.9 Å². The summed E-state index contributed by atoms with van der Waals surface area (Å²) in [6.45, 7) is 2.12. The molecule has 3 rings (SSSR count). The summed E-state index contributed by atoms with van der Waals surface area (Å²) in [5.41, 5.74) is 1.08. The monoisotopic (exact) mass is 282 g/mol. The lowest BCUT2D eigenvalue weighted by Gasteiger charge is -2.29. The van der Waals surface area contributed by atoms with Gasteiger partial charge in [0.25, 0.3) is 0 Å². The van der Waals surface area contributed by atoms with E-state index >= 15 is 0 Å². The molecule has 1 saturated carbocycles. The molecule has 0 aromatic heterocycles. The van der Waals surface area contributed by atoms with Gasteiger partial charge in [-0.15, -0.1) is 0 Å². The number of nitrogens with zero attached hydrogens (tertiary/aromatic N) is 1. The SMILES string of the molecule is CNCC1CCN(C2CC2)C1c1ccc(Cl)c(F)c1. The molecule has 1 aromatic carbocycles. The fraction of sp³-hybridized carbons (Fsp3) is 0.600. The second-order valence-electron chi connectivity index (χ2n) is 5.69. The Morgan fingerprint density at radius 3 is 2.79 bits per heavy atom. The van der Waals surface area contributed by atoms with E-state index in [0.29, 0.717) is 18.0 Å². The Kier molecular flexibility index (Phi) is 3.79. The maximum atomic E-state index is 13.7. The molecule has 2 atom stereocenters. The third-order valence-corrected chi connectivity index (χ3v) is 4.64. The van der Waals surface area contributed by atoms with Gasteiger partial charge in [0.2, 0.25) is 0 Å². The van der Waals surface area contributed by atoms with Crippen LogP contribution in [0.5, 0.6) is 0 Å². The van der Waals surface area contributed by atoms with Crippen molar-refractivity contribution in [3.63, 3.8) is 0 Å².